The minimum absolute atomic E-state index is 0.0368. The van der Waals surface area contributed by atoms with E-state index < -0.39 is 5.91 Å². The van der Waals surface area contributed by atoms with Crippen molar-refractivity contribution in [2.75, 3.05) is 12.4 Å². The van der Waals surface area contributed by atoms with Crippen molar-refractivity contribution in [1.82, 2.24) is 14.5 Å². The number of aromatic nitrogens is 3. The summed E-state index contributed by atoms with van der Waals surface area (Å²) in [7, 11) is 1.60. The van der Waals surface area contributed by atoms with E-state index in [2.05, 4.69) is 29.1 Å². The number of ether oxygens (including phenoxy) is 2. The molecule has 0 aliphatic heterocycles. The fourth-order valence-corrected chi connectivity index (χ4v) is 4.69. The molecule has 1 aromatic carbocycles. The quantitative estimate of drug-likeness (QED) is 0.327. The predicted octanol–water partition coefficient (Wildman–Crippen LogP) is 5.41. The van der Waals surface area contributed by atoms with E-state index >= 15 is 0 Å². The fraction of sp³-hybridized carbons (Fsp3) is 0.300. The summed E-state index contributed by atoms with van der Waals surface area (Å²) >= 11 is 0. The van der Waals surface area contributed by atoms with E-state index in [0.717, 1.165) is 23.0 Å². The van der Waals surface area contributed by atoms with Crippen molar-refractivity contribution in [3.63, 3.8) is 0 Å². The molecule has 1 aliphatic rings. The summed E-state index contributed by atoms with van der Waals surface area (Å²) in [6.45, 7) is 4.62. The van der Waals surface area contributed by atoms with Gasteiger partial charge in [-0.25, -0.2) is 4.98 Å². The van der Waals surface area contributed by atoms with Crippen molar-refractivity contribution >= 4 is 28.4 Å². The summed E-state index contributed by atoms with van der Waals surface area (Å²) in [5.74, 6) is 1.76. The molecule has 4 aromatic rings. The van der Waals surface area contributed by atoms with E-state index in [9.17, 15) is 14.4 Å². The van der Waals surface area contributed by atoms with Gasteiger partial charge in [-0.2, -0.15) is 0 Å². The number of fused-ring (bicyclic) bond motifs is 2. The highest BCUT2D eigenvalue weighted by molar-refractivity contribution is 6.06. The number of ketones is 1. The zero-order valence-electron chi connectivity index (χ0n) is 22.2. The molecule has 0 unspecified atom stereocenters. The minimum Gasteiger partial charge on any atom is -0.497 e. The first-order chi connectivity index (χ1) is 18.8. The molecule has 39 heavy (non-hydrogen) atoms. The molecule has 5 rings (SSSR count). The van der Waals surface area contributed by atoms with Crippen molar-refractivity contribution in [3.05, 3.63) is 82.0 Å². The van der Waals surface area contributed by atoms with Crippen LogP contribution in [0.5, 0.6) is 17.2 Å². The molecule has 1 N–H and O–H groups in total. The van der Waals surface area contributed by atoms with Gasteiger partial charge in [-0.15, -0.1) is 0 Å². The molecule has 0 saturated carbocycles. The van der Waals surface area contributed by atoms with Crippen LogP contribution < -0.4 is 20.3 Å². The Morgan fingerprint density at radius 3 is 2.62 bits per heavy atom. The molecule has 200 valence electrons. The van der Waals surface area contributed by atoms with E-state index in [1.165, 1.54) is 12.3 Å². The summed E-state index contributed by atoms with van der Waals surface area (Å²) in [6.07, 6.45) is 5.69. The number of rotatable bonds is 8. The van der Waals surface area contributed by atoms with Gasteiger partial charge in [0.25, 0.3) is 11.5 Å². The molecular formula is C30H30N4O5. The Kier molecular flexibility index (Phi) is 7.40. The second-order valence-corrected chi connectivity index (χ2v) is 9.96. The Balaban J connectivity index is 1.36. The van der Waals surface area contributed by atoms with Crippen molar-refractivity contribution in [2.24, 2.45) is 5.92 Å². The smallest absolute Gasteiger partial charge is 0.263 e. The number of carbonyl (C=O) groups excluding carboxylic acids is 2. The first-order valence-corrected chi connectivity index (χ1v) is 13.0. The Bertz CT molecular complexity index is 1610. The lowest BCUT2D eigenvalue weighted by Gasteiger charge is -2.22. The topological polar surface area (TPSA) is 112 Å². The molecule has 0 saturated heterocycles. The molecule has 3 aromatic heterocycles. The fourth-order valence-electron chi connectivity index (χ4n) is 4.69. The van der Waals surface area contributed by atoms with Crippen LogP contribution in [0.25, 0.3) is 10.9 Å². The molecule has 0 atom stereocenters. The van der Waals surface area contributed by atoms with Gasteiger partial charge in [0.05, 0.1) is 18.8 Å². The third kappa shape index (κ3) is 5.52. The van der Waals surface area contributed by atoms with Gasteiger partial charge in [0, 0.05) is 41.9 Å². The molecule has 9 heteroatoms. The average molecular weight is 527 g/mol. The zero-order chi connectivity index (χ0) is 27.5. The van der Waals surface area contributed by atoms with Crippen LogP contribution in [-0.2, 0) is 13.0 Å². The number of methoxy groups -OCH3 is 1. The Hall–Kier alpha value is -4.53. The lowest BCUT2D eigenvalue weighted by Crippen LogP contribution is -2.34. The maximum atomic E-state index is 13.3. The Morgan fingerprint density at radius 1 is 1.05 bits per heavy atom. The van der Waals surface area contributed by atoms with E-state index in [1.54, 1.807) is 36.1 Å². The van der Waals surface area contributed by atoms with Crippen molar-refractivity contribution in [2.45, 2.75) is 46.1 Å². The molecular weight excluding hydrogens is 496 g/mol. The largest absolute Gasteiger partial charge is 0.497 e. The van der Waals surface area contributed by atoms with Gasteiger partial charge in [-0.1, -0.05) is 13.8 Å². The highest BCUT2D eigenvalue weighted by Crippen LogP contribution is 2.31. The number of nitrogens with zero attached hydrogens (tertiary/aromatic N) is 3. The van der Waals surface area contributed by atoms with Gasteiger partial charge in [0.2, 0.25) is 0 Å². The van der Waals surface area contributed by atoms with Gasteiger partial charge >= 0.3 is 0 Å². The number of carbonyl (C=O) groups is 2. The number of benzene rings is 1. The summed E-state index contributed by atoms with van der Waals surface area (Å²) in [5, 5.41) is 3.50. The van der Waals surface area contributed by atoms with Crippen LogP contribution in [0.2, 0.25) is 0 Å². The lowest BCUT2D eigenvalue weighted by molar-refractivity contribution is 0.0970. The number of pyridine rings is 3. The highest BCUT2D eigenvalue weighted by Gasteiger charge is 2.25. The van der Waals surface area contributed by atoms with Crippen LogP contribution in [0.15, 0.2) is 59.7 Å². The third-order valence-corrected chi connectivity index (χ3v) is 6.81. The van der Waals surface area contributed by atoms with E-state index in [0.29, 0.717) is 54.5 Å². The molecule has 0 fully saturated rings. The second kappa shape index (κ2) is 11.1. The Labute approximate surface area is 225 Å². The van der Waals surface area contributed by atoms with Crippen LogP contribution in [-0.4, -0.2) is 33.3 Å². The molecule has 1 amide bonds. The monoisotopic (exact) mass is 526 g/mol. The Morgan fingerprint density at radius 2 is 1.87 bits per heavy atom. The number of nitrogens with one attached hydrogen (secondary N) is 1. The van der Waals surface area contributed by atoms with Crippen LogP contribution >= 0.6 is 0 Å². The van der Waals surface area contributed by atoms with Crippen molar-refractivity contribution < 1.29 is 19.1 Å². The highest BCUT2D eigenvalue weighted by atomic mass is 16.5. The normalized spacial score (nSPS) is 12.9. The molecule has 3 heterocycles. The zero-order valence-corrected chi connectivity index (χ0v) is 22.2. The third-order valence-electron chi connectivity index (χ3n) is 6.81. The number of hydrogen-bond donors (Lipinski definition) is 1. The van der Waals surface area contributed by atoms with Gasteiger partial charge in [0.15, 0.2) is 5.78 Å². The van der Waals surface area contributed by atoms with Crippen molar-refractivity contribution in [3.8, 4) is 17.2 Å². The van der Waals surface area contributed by atoms with Crippen LogP contribution in [0, 0.1) is 5.92 Å². The lowest BCUT2D eigenvalue weighted by atomic mass is 9.92. The average Bonchev–Trinajstić information content (AvgIpc) is 2.93. The van der Waals surface area contributed by atoms with Gasteiger partial charge < -0.3 is 19.4 Å². The minimum atomic E-state index is -0.602. The number of Topliss-reactive ketones (excluding diaryl/α,β-unsaturated/α-hetero) is 1. The standard InChI is InChI=1S/C30H30N4O5/c1-18(2)12-14-34-25-5-4-6-26(35)22(25)16-23(30(34)37)29(36)33-28-10-8-20(17-32-28)39-27-11-13-31-24-15-19(38-3)7-9-21(24)27/h7-11,13,15-18H,4-6,12,14H2,1-3H3,(H,32,33,36). The van der Waals surface area contributed by atoms with E-state index in [-0.39, 0.29) is 22.7 Å². The maximum Gasteiger partial charge on any atom is 0.263 e. The first-order valence-electron chi connectivity index (χ1n) is 13.0. The van der Waals surface area contributed by atoms with Gasteiger partial charge in [0.1, 0.15) is 28.6 Å². The van der Waals surface area contributed by atoms with Crippen LogP contribution in [0.4, 0.5) is 5.82 Å². The number of amides is 1. The second-order valence-electron chi connectivity index (χ2n) is 9.96. The molecule has 1 aliphatic carbocycles. The van der Waals surface area contributed by atoms with E-state index in [4.69, 9.17) is 9.47 Å². The summed E-state index contributed by atoms with van der Waals surface area (Å²) in [4.78, 5) is 47.8. The SMILES string of the molecule is COc1ccc2c(Oc3ccc(NC(=O)c4cc5c(n(CCC(C)C)c4=O)CCCC5=O)nc3)ccnc2c1. The number of hydrogen-bond acceptors (Lipinski definition) is 7. The molecule has 0 radical (unpaired) electrons. The first kappa shape index (κ1) is 26.1. The molecule has 0 bridgehead atoms. The maximum absolute atomic E-state index is 13.3. The molecule has 0 spiro atoms. The van der Waals surface area contributed by atoms with E-state index in [1.807, 2.05) is 18.2 Å². The summed E-state index contributed by atoms with van der Waals surface area (Å²) in [5.41, 5.74) is 1.48. The summed E-state index contributed by atoms with van der Waals surface area (Å²) < 4.78 is 12.9. The molecule has 9 nitrogen and oxygen atoms in total. The van der Waals surface area contributed by atoms with Crippen molar-refractivity contribution in [1.29, 1.82) is 0 Å². The van der Waals surface area contributed by atoms with Crippen LogP contribution in [0.1, 0.15) is 59.5 Å². The van der Waals surface area contributed by atoms with Gasteiger partial charge in [-0.3, -0.25) is 19.4 Å². The van der Waals surface area contributed by atoms with Crippen LogP contribution in [0.3, 0.4) is 0 Å². The van der Waals surface area contributed by atoms with Gasteiger partial charge in [-0.05, 0) is 61.6 Å². The summed E-state index contributed by atoms with van der Waals surface area (Å²) in [6, 6.07) is 12.0. The number of anilines is 1. The predicted molar refractivity (Wildman–Crippen MR) is 148 cm³/mol.